The van der Waals surface area contributed by atoms with E-state index in [1.54, 1.807) is 24.6 Å². The van der Waals surface area contributed by atoms with Crippen molar-refractivity contribution in [3.8, 4) is 0 Å². The summed E-state index contributed by atoms with van der Waals surface area (Å²) in [6.07, 6.45) is 20.4. The first-order chi connectivity index (χ1) is 12.0. The number of H-pyrrole nitrogens is 1. The fourth-order valence-electron chi connectivity index (χ4n) is 2.99. The Hall–Kier alpha value is -0.960. The first-order valence-corrected chi connectivity index (χ1v) is 12.6. The van der Waals surface area contributed by atoms with Gasteiger partial charge in [-0.15, -0.1) is 0 Å². The molecule has 6 heteroatoms. The number of aromatic nitrogens is 2. The van der Waals surface area contributed by atoms with Gasteiger partial charge in [0.25, 0.3) is 0 Å². The predicted molar refractivity (Wildman–Crippen MR) is 111 cm³/mol. The summed E-state index contributed by atoms with van der Waals surface area (Å²) in [6, 6.07) is 0. The highest BCUT2D eigenvalue weighted by Crippen LogP contribution is 2.61. The van der Waals surface area contributed by atoms with E-state index >= 15 is 0 Å². The number of unbranched alkanes of at least 4 members (excludes halogenated alkanes) is 4. The second-order valence-electron chi connectivity index (χ2n) is 6.84. The monoisotopic (exact) mass is 372 g/mol. The lowest BCUT2D eigenvalue weighted by Crippen LogP contribution is -2.12. The molecule has 0 aliphatic carbocycles. The van der Waals surface area contributed by atoms with Crippen molar-refractivity contribution in [1.29, 1.82) is 0 Å². The van der Waals surface area contributed by atoms with E-state index in [-0.39, 0.29) is 5.82 Å². The van der Waals surface area contributed by atoms with Crippen LogP contribution < -0.4 is 0 Å². The van der Waals surface area contributed by atoms with E-state index in [4.69, 9.17) is 0 Å². The minimum atomic E-state index is -0.562. The number of hydrogen-bond acceptors (Lipinski definition) is 3. The summed E-state index contributed by atoms with van der Waals surface area (Å²) in [5.74, 6) is -0.0787. The fraction of sp³-hybridized carbons (Fsp3) is 0.842. The van der Waals surface area contributed by atoms with Crippen molar-refractivity contribution in [2.24, 2.45) is 0 Å². The number of nitrogens with one attached hydrogen (secondary N) is 1. The molecule has 1 aromatic heterocycles. The first-order valence-electron chi connectivity index (χ1n) is 10.0. The Bertz CT molecular complexity index is 387. The molecule has 0 radical (unpaired) electrons. The van der Waals surface area contributed by atoms with E-state index < -0.39 is 12.2 Å². The standard InChI is InChI=1S/C16H36P.C3H3N3O2/c1-5-9-13-17(14-10-6-2,15-11-7-3)16-12-8-4;7-6(8)3-1-4-2-5-3/h5-16H2,1-4H3;1-2H,(H,4,5)/q+1;. The second-order valence-corrected chi connectivity index (χ2v) is 11.3. The summed E-state index contributed by atoms with van der Waals surface area (Å²) in [6.45, 7) is 9.42. The molecule has 146 valence electrons. The largest absolute Gasteiger partial charge is 0.358 e. The maximum atomic E-state index is 9.80. The quantitative estimate of drug-likeness (QED) is 0.243. The summed E-state index contributed by atoms with van der Waals surface area (Å²) >= 11 is 0. The van der Waals surface area contributed by atoms with Gasteiger partial charge < -0.3 is 10.1 Å². The van der Waals surface area contributed by atoms with Gasteiger partial charge in [-0.05, 0) is 30.6 Å². The smallest absolute Gasteiger partial charge is 0.340 e. The van der Waals surface area contributed by atoms with Crippen LogP contribution in [0.1, 0.15) is 79.1 Å². The number of hydrogen-bond donors (Lipinski definition) is 1. The number of aromatic amines is 1. The van der Waals surface area contributed by atoms with Gasteiger partial charge in [0.05, 0.1) is 24.6 Å². The minimum Gasteiger partial charge on any atom is -0.358 e. The molecule has 0 bridgehead atoms. The lowest BCUT2D eigenvalue weighted by Gasteiger charge is -2.28. The van der Waals surface area contributed by atoms with Gasteiger partial charge in [0.1, 0.15) is 6.20 Å². The molecule has 1 heterocycles. The molecule has 1 N–H and O–H groups in total. The highest BCUT2D eigenvalue weighted by atomic mass is 31.2. The van der Waals surface area contributed by atoms with Crippen LogP contribution in [0, 0.1) is 10.1 Å². The zero-order chi connectivity index (χ0) is 19.0. The molecule has 0 unspecified atom stereocenters. The van der Waals surface area contributed by atoms with Gasteiger partial charge >= 0.3 is 5.82 Å². The molecule has 0 saturated carbocycles. The Morgan fingerprint density at radius 3 is 1.52 bits per heavy atom. The second kappa shape index (κ2) is 15.3. The van der Waals surface area contributed by atoms with Gasteiger partial charge in [-0.1, -0.05) is 53.4 Å². The molecule has 0 aliphatic rings. The Labute approximate surface area is 154 Å². The van der Waals surface area contributed by atoms with Gasteiger partial charge in [0, 0.05) is 7.26 Å². The van der Waals surface area contributed by atoms with Crippen LogP contribution in [0.4, 0.5) is 5.82 Å². The normalized spacial score (nSPS) is 11.0. The van der Waals surface area contributed by atoms with Gasteiger partial charge in [0.2, 0.25) is 0 Å². The van der Waals surface area contributed by atoms with Crippen LogP contribution in [0.15, 0.2) is 12.5 Å². The van der Waals surface area contributed by atoms with Crippen molar-refractivity contribution in [3.05, 3.63) is 22.6 Å². The van der Waals surface area contributed by atoms with Gasteiger partial charge in [-0.2, -0.15) is 0 Å². The molecule has 0 aromatic carbocycles. The van der Waals surface area contributed by atoms with E-state index in [2.05, 4.69) is 37.7 Å². The average Bonchev–Trinajstić information content (AvgIpc) is 3.16. The maximum Gasteiger partial charge on any atom is 0.340 e. The molecule has 0 saturated heterocycles. The zero-order valence-electron chi connectivity index (χ0n) is 16.8. The third kappa shape index (κ3) is 11.3. The lowest BCUT2D eigenvalue weighted by atomic mass is 10.4. The van der Waals surface area contributed by atoms with Crippen LogP contribution in [0.5, 0.6) is 0 Å². The Morgan fingerprint density at radius 2 is 1.32 bits per heavy atom. The lowest BCUT2D eigenvalue weighted by molar-refractivity contribution is -0.389. The molecule has 5 nitrogen and oxygen atoms in total. The molecular weight excluding hydrogens is 333 g/mol. The summed E-state index contributed by atoms with van der Waals surface area (Å²) in [7, 11) is -0.562. The van der Waals surface area contributed by atoms with E-state index in [0.717, 1.165) is 6.20 Å². The van der Waals surface area contributed by atoms with Gasteiger partial charge in [-0.25, -0.2) is 9.97 Å². The SMILES string of the molecule is CCCC[P+](CCCC)(CCCC)CCCC.O=[N+]([O-])c1cnc[nH]1. The summed E-state index contributed by atoms with van der Waals surface area (Å²) < 4.78 is 0. The van der Waals surface area contributed by atoms with Crippen LogP contribution in [0.3, 0.4) is 0 Å². The van der Waals surface area contributed by atoms with Gasteiger partial charge in [0.15, 0.2) is 6.33 Å². The Kier molecular flexibility index (Phi) is 14.7. The summed E-state index contributed by atoms with van der Waals surface area (Å²) in [5, 5.41) is 9.80. The van der Waals surface area contributed by atoms with Crippen molar-refractivity contribution in [1.82, 2.24) is 9.97 Å². The molecule has 0 amide bonds. The van der Waals surface area contributed by atoms with Gasteiger partial charge in [-0.3, -0.25) is 0 Å². The van der Waals surface area contributed by atoms with Crippen molar-refractivity contribution < 1.29 is 4.92 Å². The molecule has 1 aromatic rings. The topological polar surface area (TPSA) is 71.8 Å². The molecule has 0 aliphatic heterocycles. The highest BCUT2D eigenvalue weighted by Gasteiger charge is 2.34. The van der Waals surface area contributed by atoms with Crippen molar-refractivity contribution in [3.63, 3.8) is 0 Å². The van der Waals surface area contributed by atoms with E-state index in [1.165, 1.54) is 57.7 Å². The number of rotatable bonds is 13. The van der Waals surface area contributed by atoms with Crippen molar-refractivity contribution in [2.75, 3.05) is 24.6 Å². The van der Waals surface area contributed by atoms with Crippen LogP contribution in [-0.4, -0.2) is 39.5 Å². The maximum absolute atomic E-state index is 9.80. The first kappa shape index (κ1) is 24.0. The van der Waals surface area contributed by atoms with Crippen molar-refractivity contribution in [2.45, 2.75) is 79.1 Å². The summed E-state index contributed by atoms with van der Waals surface area (Å²) in [4.78, 5) is 15.0. The highest BCUT2D eigenvalue weighted by molar-refractivity contribution is 7.75. The van der Waals surface area contributed by atoms with Crippen molar-refractivity contribution >= 4 is 13.1 Å². The molecule has 0 fully saturated rings. The Balaban J connectivity index is 0.000000593. The van der Waals surface area contributed by atoms with Crippen LogP contribution in [-0.2, 0) is 0 Å². The van der Waals surface area contributed by atoms with E-state index in [0.29, 0.717) is 0 Å². The van der Waals surface area contributed by atoms with Crippen LogP contribution in [0.2, 0.25) is 0 Å². The molecule has 0 atom stereocenters. The van der Waals surface area contributed by atoms with E-state index in [9.17, 15) is 10.1 Å². The third-order valence-corrected chi connectivity index (χ3v) is 9.68. The molecule has 0 spiro atoms. The number of imidazole rings is 1. The van der Waals surface area contributed by atoms with E-state index in [1.807, 2.05) is 0 Å². The summed E-state index contributed by atoms with van der Waals surface area (Å²) in [5.41, 5.74) is 0. The molecule has 1 rings (SSSR count). The number of nitro groups is 1. The average molecular weight is 373 g/mol. The zero-order valence-corrected chi connectivity index (χ0v) is 17.7. The number of nitrogens with zero attached hydrogens (tertiary/aromatic N) is 2. The Morgan fingerprint density at radius 1 is 0.920 bits per heavy atom. The fourth-order valence-corrected chi connectivity index (χ4v) is 8.28. The van der Waals surface area contributed by atoms with Crippen LogP contribution in [0.25, 0.3) is 0 Å². The predicted octanol–water partition coefficient (Wildman–Crippen LogP) is 6.52. The molecular formula is C19H39N3O2P+. The van der Waals surface area contributed by atoms with Crippen LogP contribution >= 0.6 is 7.26 Å². The third-order valence-electron chi connectivity index (χ3n) is 4.62. The molecule has 25 heavy (non-hydrogen) atoms. The minimum absolute atomic E-state index is 0.0787.